The largest absolute Gasteiger partial charge is 0.465 e. The van der Waals surface area contributed by atoms with Crippen molar-refractivity contribution >= 4 is 17.6 Å². The van der Waals surface area contributed by atoms with Gasteiger partial charge in [0.05, 0.1) is 6.61 Å². The summed E-state index contributed by atoms with van der Waals surface area (Å²) in [6, 6.07) is 5.80. The summed E-state index contributed by atoms with van der Waals surface area (Å²) in [4.78, 5) is 12.2. The topological polar surface area (TPSA) is 38.3 Å². The second-order valence-electron chi connectivity index (χ2n) is 4.60. The Labute approximate surface area is 112 Å². The standard InChI is InChI=1S/C14H18ClNO2/c1-3-16-14(13(17)18-4-2)8-10-5-6-12(15)7-11(10)9-14/h5-7,16H,3-4,8-9H2,1-2H3. The lowest BCUT2D eigenvalue weighted by Gasteiger charge is -2.27. The van der Waals surface area contributed by atoms with E-state index in [2.05, 4.69) is 5.32 Å². The first kappa shape index (κ1) is 13.4. The highest BCUT2D eigenvalue weighted by atomic mass is 35.5. The number of esters is 1. The summed E-state index contributed by atoms with van der Waals surface area (Å²) in [7, 11) is 0. The van der Waals surface area contributed by atoms with Gasteiger partial charge >= 0.3 is 5.97 Å². The molecule has 0 heterocycles. The molecular weight excluding hydrogens is 250 g/mol. The number of hydrogen-bond donors (Lipinski definition) is 1. The fourth-order valence-electron chi connectivity index (χ4n) is 2.59. The van der Waals surface area contributed by atoms with Crippen LogP contribution in [0.1, 0.15) is 25.0 Å². The molecule has 0 fully saturated rings. The first-order chi connectivity index (χ1) is 8.61. The third-order valence-corrected chi connectivity index (χ3v) is 3.57. The van der Waals surface area contributed by atoms with Gasteiger partial charge in [0.15, 0.2) is 0 Å². The monoisotopic (exact) mass is 267 g/mol. The van der Waals surface area contributed by atoms with E-state index in [-0.39, 0.29) is 5.97 Å². The maximum atomic E-state index is 12.2. The van der Waals surface area contributed by atoms with Crippen molar-refractivity contribution in [3.8, 4) is 0 Å². The van der Waals surface area contributed by atoms with Crippen molar-refractivity contribution < 1.29 is 9.53 Å². The molecule has 2 rings (SSSR count). The first-order valence-electron chi connectivity index (χ1n) is 6.31. The minimum absolute atomic E-state index is 0.167. The highest BCUT2D eigenvalue weighted by Gasteiger charge is 2.44. The van der Waals surface area contributed by atoms with Gasteiger partial charge in [-0.05, 0) is 36.7 Å². The fraction of sp³-hybridized carbons (Fsp3) is 0.500. The third kappa shape index (κ3) is 2.38. The molecule has 18 heavy (non-hydrogen) atoms. The number of nitrogens with one attached hydrogen (secondary N) is 1. The van der Waals surface area contributed by atoms with E-state index in [0.29, 0.717) is 24.5 Å². The zero-order valence-electron chi connectivity index (χ0n) is 10.8. The Morgan fingerprint density at radius 1 is 1.39 bits per heavy atom. The summed E-state index contributed by atoms with van der Waals surface area (Å²) in [5.74, 6) is -0.167. The van der Waals surface area contributed by atoms with E-state index in [1.165, 1.54) is 5.56 Å². The molecular formula is C14H18ClNO2. The zero-order chi connectivity index (χ0) is 13.2. The third-order valence-electron chi connectivity index (χ3n) is 3.33. The Hall–Kier alpha value is -1.06. The highest BCUT2D eigenvalue weighted by Crippen LogP contribution is 2.32. The Morgan fingerprint density at radius 2 is 2.11 bits per heavy atom. The van der Waals surface area contributed by atoms with E-state index in [9.17, 15) is 4.79 Å². The lowest BCUT2D eigenvalue weighted by atomic mass is 9.95. The van der Waals surface area contributed by atoms with E-state index in [0.717, 1.165) is 12.1 Å². The van der Waals surface area contributed by atoms with Crippen LogP contribution in [0.3, 0.4) is 0 Å². The van der Waals surface area contributed by atoms with Crippen molar-refractivity contribution in [3.63, 3.8) is 0 Å². The van der Waals surface area contributed by atoms with Crippen LogP contribution in [0.4, 0.5) is 0 Å². The Morgan fingerprint density at radius 3 is 2.78 bits per heavy atom. The number of benzene rings is 1. The van der Waals surface area contributed by atoms with Gasteiger partial charge in [-0.25, -0.2) is 0 Å². The second kappa shape index (κ2) is 5.29. The molecule has 1 aliphatic carbocycles. The van der Waals surface area contributed by atoms with Crippen LogP contribution in [0.25, 0.3) is 0 Å². The maximum absolute atomic E-state index is 12.2. The Balaban J connectivity index is 2.28. The number of fused-ring (bicyclic) bond motifs is 1. The van der Waals surface area contributed by atoms with Crippen LogP contribution in [0, 0.1) is 0 Å². The quantitative estimate of drug-likeness (QED) is 0.851. The number of rotatable bonds is 4. The molecule has 1 atom stereocenters. The summed E-state index contributed by atoms with van der Waals surface area (Å²) >= 11 is 6.00. The Bertz CT molecular complexity index is 461. The number of carbonyl (C=O) groups excluding carboxylic acids is 1. The zero-order valence-corrected chi connectivity index (χ0v) is 11.5. The molecule has 1 aromatic carbocycles. The number of halogens is 1. The normalized spacial score (nSPS) is 21.7. The minimum Gasteiger partial charge on any atom is -0.465 e. The molecule has 0 amide bonds. The predicted octanol–water partition coefficient (Wildman–Crippen LogP) is 2.35. The second-order valence-corrected chi connectivity index (χ2v) is 5.04. The van der Waals surface area contributed by atoms with Gasteiger partial charge in [0.1, 0.15) is 5.54 Å². The van der Waals surface area contributed by atoms with E-state index in [1.807, 2.05) is 32.0 Å². The van der Waals surface area contributed by atoms with E-state index >= 15 is 0 Å². The Kier molecular flexibility index (Phi) is 3.93. The highest BCUT2D eigenvalue weighted by molar-refractivity contribution is 6.30. The summed E-state index contributed by atoms with van der Waals surface area (Å²) in [6.45, 7) is 4.97. The van der Waals surface area contributed by atoms with Crippen LogP contribution in [-0.4, -0.2) is 24.7 Å². The van der Waals surface area contributed by atoms with Crippen LogP contribution in [0.2, 0.25) is 5.02 Å². The average Bonchev–Trinajstić information content (AvgIpc) is 2.68. The van der Waals surface area contributed by atoms with E-state index < -0.39 is 5.54 Å². The van der Waals surface area contributed by atoms with Crippen molar-refractivity contribution in [3.05, 3.63) is 34.3 Å². The van der Waals surface area contributed by atoms with Gasteiger partial charge in [-0.15, -0.1) is 0 Å². The molecule has 0 saturated carbocycles. The molecule has 3 nitrogen and oxygen atoms in total. The molecule has 0 spiro atoms. The average molecular weight is 268 g/mol. The molecule has 1 unspecified atom stereocenters. The lowest BCUT2D eigenvalue weighted by molar-refractivity contribution is -0.150. The molecule has 0 aromatic heterocycles. The SMILES string of the molecule is CCNC1(C(=O)OCC)Cc2ccc(Cl)cc2C1. The molecule has 1 N–H and O–H groups in total. The van der Waals surface area contributed by atoms with E-state index in [4.69, 9.17) is 16.3 Å². The van der Waals surface area contributed by atoms with Crippen molar-refractivity contribution in [2.45, 2.75) is 32.2 Å². The van der Waals surface area contributed by atoms with Gasteiger partial charge in [0.25, 0.3) is 0 Å². The molecule has 98 valence electrons. The van der Waals surface area contributed by atoms with Crippen LogP contribution in [-0.2, 0) is 22.4 Å². The summed E-state index contributed by atoms with van der Waals surface area (Å²) in [5.41, 5.74) is 1.70. The van der Waals surface area contributed by atoms with Crippen LogP contribution < -0.4 is 5.32 Å². The molecule has 1 aromatic rings. The predicted molar refractivity (Wildman–Crippen MR) is 71.9 cm³/mol. The van der Waals surface area contributed by atoms with Gasteiger partial charge in [-0.2, -0.15) is 0 Å². The molecule has 4 heteroatoms. The van der Waals surface area contributed by atoms with Gasteiger partial charge < -0.3 is 10.1 Å². The number of likely N-dealkylation sites (N-methyl/N-ethyl adjacent to an activating group) is 1. The van der Waals surface area contributed by atoms with Gasteiger partial charge in [0, 0.05) is 17.9 Å². The molecule has 1 aliphatic rings. The minimum atomic E-state index is -0.613. The summed E-state index contributed by atoms with van der Waals surface area (Å²) < 4.78 is 5.21. The number of carbonyl (C=O) groups is 1. The molecule has 0 bridgehead atoms. The van der Waals surface area contributed by atoms with Gasteiger partial charge in [-0.1, -0.05) is 24.6 Å². The van der Waals surface area contributed by atoms with Gasteiger partial charge in [-0.3, -0.25) is 4.79 Å². The van der Waals surface area contributed by atoms with Crippen molar-refractivity contribution in [2.24, 2.45) is 0 Å². The van der Waals surface area contributed by atoms with Crippen molar-refractivity contribution in [1.82, 2.24) is 5.32 Å². The van der Waals surface area contributed by atoms with Crippen LogP contribution in [0.5, 0.6) is 0 Å². The number of ether oxygens (including phenoxy) is 1. The van der Waals surface area contributed by atoms with Crippen molar-refractivity contribution in [1.29, 1.82) is 0 Å². The van der Waals surface area contributed by atoms with E-state index in [1.54, 1.807) is 0 Å². The summed E-state index contributed by atoms with van der Waals surface area (Å²) in [6.07, 6.45) is 1.32. The first-order valence-corrected chi connectivity index (χ1v) is 6.68. The van der Waals surface area contributed by atoms with Crippen LogP contribution in [0.15, 0.2) is 18.2 Å². The van der Waals surface area contributed by atoms with Crippen molar-refractivity contribution in [2.75, 3.05) is 13.2 Å². The maximum Gasteiger partial charge on any atom is 0.327 e. The molecule has 0 aliphatic heterocycles. The fourth-order valence-corrected chi connectivity index (χ4v) is 2.79. The number of hydrogen-bond acceptors (Lipinski definition) is 3. The molecule has 0 radical (unpaired) electrons. The lowest BCUT2D eigenvalue weighted by Crippen LogP contribution is -2.53. The molecule has 0 saturated heterocycles. The summed E-state index contributed by atoms with van der Waals surface area (Å²) in [5, 5.41) is 4.00. The van der Waals surface area contributed by atoms with Crippen LogP contribution >= 0.6 is 11.6 Å². The van der Waals surface area contributed by atoms with Gasteiger partial charge in [0.2, 0.25) is 0 Å². The smallest absolute Gasteiger partial charge is 0.327 e.